The second-order valence-corrected chi connectivity index (χ2v) is 2.56. The van der Waals surface area contributed by atoms with Gasteiger partial charge < -0.3 is 0 Å². The number of nitrogens with one attached hydrogen (secondary N) is 2. The molecule has 11 heavy (non-hydrogen) atoms. The van der Waals surface area contributed by atoms with Crippen LogP contribution >= 0.6 is 15.9 Å². The molecule has 0 saturated carbocycles. The summed E-state index contributed by atoms with van der Waals surface area (Å²) in [4.78, 5) is 10.5. The number of aromatic amines is 2. The van der Waals surface area contributed by atoms with Gasteiger partial charge in [-0.25, -0.2) is 0 Å². The zero-order chi connectivity index (χ0) is 8.65. The van der Waals surface area contributed by atoms with E-state index in [4.69, 9.17) is 0 Å². The first kappa shape index (κ1) is 8.38. The summed E-state index contributed by atoms with van der Waals surface area (Å²) >= 11 is 2.49. The molecule has 7 heteroatoms. The Bertz CT molecular complexity index is 312. The van der Waals surface area contributed by atoms with E-state index in [1.165, 1.54) is 0 Å². The minimum atomic E-state index is -4.53. The number of hydrogen-bond acceptors (Lipinski definition) is 1. The second-order valence-electron chi connectivity index (χ2n) is 1.77. The molecule has 2 N–H and O–H groups in total. The van der Waals surface area contributed by atoms with Gasteiger partial charge in [0, 0.05) is 0 Å². The molecule has 0 radical (unpaired) electrons. The monoisotopic (exact) mass is 230 g/mol. The Kier molecular flexibility index (Phi) is 1.83. The number of H-pyrrole nitrogens is 2. The molecule has 1 rings (SSSR count). The van der Waals surface area contributed by atoms with Crippen LogP contribution in [0.1, 0.15) is 5.69 Å². The highest BCUT2D eigenvalue weighted by molar-refractivity contribution is 9.10. The van der Waals surface area contributed by atoms with Crippen LogP contribution in [0, 0.1) is 0 Å². The molecule has 0 spiro atoms. The van der Waals surface area contributed by atoms with E-state index >= 15 is 0 Å². The topological polar surface area (TPSA) is 48.6 Å². The smallest absolute Gasteiger partial charge is 0.293 e. The van der Waals surface area contributed by atoms with Gasteiger partial charge in [-0.05, 0) is 15.9 Å². The minimum Gasteiger partial charge on any atom is -0.293 e. The molecule has 0 aliphatic heterocycles. The van der Waals surface area contributed by atoms with Crippen LogP contribution in [0.15, 0.2) is 9.27 Å². The molecule has 0 aromatic carbocycles. The molecule has 1 heterocycles. The first-order valence-electron chi connectivity index (χ1n) is 2.46. The Hall–Kier alpha value is -0.720. The van der Waals surface area contributed by atoms with E-state index in [1.54, 1.807) is 10.2 Å². The van der Waals surface area contributed by atoms with Crippen LogP contribution in [0.25, 0.3) is 0 Å². The maximum atomic E-state index is 11.8. The van der Waals surface area contributed by atoms with Crippen LogP contribution in [0.2, 0.25) is 0 Å². The molecular formula is C4H2BrF3N2O. The summed E-state index contributed by atoms with van der Waals surface area (Å²) in [5.74, 6) is 0. The largest absolute Gasteiger partial charge is 0.434 e. The average molecular weight is 231 g/mol. The van der Waals surface area contributed by atoms with E-state index in [-0.39, 0.29) is 0 Å². The lowest BCUT2D eigenvalue weighted by Gasteiger charge is -2.01. The Labute approximate surface area is 66.7 Å². The van der Waals surface area contributed by atoms with Crippen molar-refractivity contribution in [2.75, 3.05) is 0 Å². The van der Waals surface area contributed by atoms with E-state index in [1.807, 2.05) is 0 Å². The predicted molar refractivity (Wildman–Crippen MR) is 34.1 cm³/mol. The van der Waals surface area contributed by atoms with Crippen LogP contribution in [0.4, 0.5) is 13.2 Å². The van der Waals surface area contributed by atoms with Gasteiger partial charge in [-0.3, -0.25) is 15.0 Å². The zero-order valence-electron chi connectivity index (χ0n) is 4.92. The van der Waals surface area contributed by atoms with Crippen LogP contribution < -0.4 is 5.56 Å². The Morgan fingerprint density at radius 2 is 1.82 bits per heavy atom. The third-order valence-corrected chi connectivity index (χ3v) is 1.76. The van der Waals surface area contributed by atoms with Crippen LogP contribution in [-0.2, 0) is 6.18 Å². The molecule has 0 unspecified atom stereocenters. The lowest BCUT2D eigenvalue weighted by Crippen LogP contribution is -2.07. The van der Waals surface area contributed by atoms with Gasteiger partial charge in [0.25, 0.3) is 5.56 Å². The van der Waals surface area contributed by atoms with Crippen molar-refractivity contribution in [2.45, 2.75) is 6.18 Å². The fourth-order valence-electron chi connectivity index (χ4n) is 0.538. The van der Waals surface area contributed by atoms with E-state index in [0.717, 1.165) is 0 Å². The van der Waals surface area contributed by atoms with Crippen molar-refractivity contribution in [1.29, 1.82) is 0 Å². The summed E-state index contributed by atoms with van der Waals surface area (Å²) in [7, 11) is 0. The molecular weight excluding hydrogens is 229 g/mol. The van der Waals surface area contributed by atoms with Gasteiger partial charge in [-0.15, -0.1) is 0 Å². The molecule has 0 aliphatic carbocycles. The van der Waals surface area contributed by atoms with Crippen molar-refractivity contribution in [3.63, 3.8) is 0 Å². The SMILES string of the molecule is O=c1[nH][nH]c(C(F)(F)F)c1Br. The van der Waals surface area contributed by atoms with Crippen LogP contribution in [-0.4, -0.2) is 10.2 Å². The molecule has 1 aromatic rings. The molecule has 0 saturated heterocycles. The van der Waals surface area contributed by atoms with E-state index in [9.17, 15) is 18.0 Å². The fraction of sp³-hybridized carbons (Fsp3) is 0.250. The molecule has 3 nitrogen and oxygen atoms in total. The molecule has 0 fully saturated rings. The van der Waals surface area contributed by atoms with E-state index in [0.29, 0.717) is 0 Å². The summed E-state index contributed by atoms with van der Waals surface area (Å²) in [6.45, 7) is 0. The first-order chi connectivity index (χ1) is 4.93. The maximum Gasteiger partial charge on any atom is 0.434 e. The van der Waals surface area contributed by atoms with Crippen molar-refractivity contribution in [3.05, 3.63) is 20.5 Å². The summed E-state index contributed by atoms with van der Waals surface area (Å²) in [5, 5.41) is 3.50. The number of halogens is 4. The van der Waals surface area contributed by atoms with Gasteiger partial charge >= 0.3 is 6.18 Å². The minimum absolute atomic E-state index is 0.523. The molecule has 0 aliphatic rings. The highest BCUT2D eigenvalue weighted by Crippen LogP contribution is 2.30. The van der Waals surface area contributed by atoms with Crippen LogP contribution in [0.3, 0.4) is 0 Å². The molecule has 62 valence electrons. The molecule has 0 atom stereocenters. The molecule has 1 aromatic heterocycles. The van der Waals surface area contributed by atoms with Crippen molar-refractivity contribution >= 4 is 15.9 Å². The van der Waals surface area contributed by atoms with Crippen molar-refractivity contribution < 1.29 is 13.2 Å². The lowest BCUT2D eigenvalue weighted by atomic mass is 10.4. The van der Waals surface area contributed by atoms with Gasteiger partial charge in [0.2, 0.25) is 0 Å². The highest BCUT2D eigenvalue weighted by atomic mass is 79.9. The Morgan fingerprint density at radius 1 is 1.27 bits per heavy atom. The Balaban J connectivity index is 3.26. The zero-order valence-corrected chi connectivity index (χ0v) is 6.51. The highest BCUT2D eigenvalue weighted by Gasteiger charge is 2.35. The number of hydrogen-bond donors (Lipinski definition) is 2. The van der Waals surface area contributed by atoms with Crippen molar-refractivity contribution in [1.82, 2.24) is 10.2 Å². The average Bonchev–Trinajstić information content (AvgIpc) is 2.11. The first-order valence-corrected chi connectivity index (χ1v) is 3.25. The predicted octanol–water partition coefficient (Wildman–Crippen LogP) is 1.48. The second kappa shape index (κ2) is 2.40. The summed E-state index contributed by atoms with van der Waals surface area (Å²) in [6, 6.07) is 0. The third-order valence-electron chi connectivity index (χ3n) is 1.00. The molecule has 0 bridgehead atoms. The van der Waals surface area contributed by atoms with Gasteiger partial charge in [-0.2, -0.15) is 13.2 Å². The number of rotatable bonds is 0. The number of aromatic nitrogens is 2. The van der Waals surface area contributed by atoms with Gasteiger partial charge in [0.05, 0.1) is 0 Å². The lowest BCUT2D eigenvalue weighted by molar-refractivity contribution is -0.141. The third kappa shape index (κ3) is 1.47. The summed E-state index contributed by atoms with van der Waals surface area (Å²) in [6.07, 6.45) is -4.53. The number of alkyl halides is 3. The van der Waals surface area contributed by atoms with Gasteiger partial charge in [0.15, 0.2) is 5.69 Å². The summed E-state index contributed by atoms with van der Waals surface area (Å²) < 4.78 is 35.0. The van der Waals surface area contributed by atoms with Crippen LogP contribution in [0.5, 0.6) is 0 Å². The molecule has 0 amide bonds. The maximum absolute atomic E-state index is 11.8. The fourth-order valence-corrected chi connectivity index (χ4v) is 0.961. The normalized spacial score (nSPS) is 12.0. The van der Waals surface area contributed by atoms with Gasteiger partial charge in [-0.1, -0.05) is 0 Å². The summed E-state index contributed by atoms with van der Waals surface area (Å²) in [5.41, 5.74) is -1.92. The standard InChI is InChI=1S/C4H2BrF3N2O/c5-1-2(4(6,7)8)9-10-3(1)11/h(H2,9,10,11). The van der Waals surface area contributed by atoms with E-state index in [2.05, 4.69) is 15.9 Å². The van der Waals surface area contributed by atoms with Gasteiger partial charge in [0.1, 0.15) is 4.47 Å². The van der Waals surface area contributed by atoms with Crippen molar-refractivity contribution in [2.24, 2.45) is 0 Å². The van der Waals surface area contributed by atoms with Crippen molar-refractivity contribution in [3.8, 4) is 0 Å². The quantitative estimate of drug-likeness (QED) is 0.697. The Morgan fingerprint density at radius 3 is 2.00 bits per heavy atom. The van der Waals surface area contributed by atoms with E-state index < -0.39 is 21.9 Å².